The number of hydrogen-bond donors (Lipinski definition) is 1. The lowest BCUT2D eigenvalue weighted by Gasteiger charge is -2.11. The smallest absolute Gasteiger partial charge is 0.261 e. The fraction of sp³-hybridized carbons (Fsp3) is 0.545. The molecule has 1 aromatic rings. The summed E-state index contributed by atoms with van der Waals surface area (Å²) in [7, 11) is 0. The lowest BCUT2D eigenvalue weighted by atomic mass is 10.2. The molecule has 1 atom stereocenters. The van der Waals surface area contributed by atoms with Gasteiger partial charge in [0.1, 0.15) is 0 Å². The minimum atomic E-state index is 0.0368. The van der Waals surface area contributed by atoms with Crippen LogP contribution in [0.4, 0.5) is 0 Å². The van der Waals surface area contributed by atoms with E-state index in [0.29, 0.717) is 0 Å². The molecule has 0 bridgehead atoms. The summed E-state index contributed by atoms with van der Waals surface area (Å²) in [6.07, 6.45) is 2.12. The molecule has 84 valence electrons. The monoisotopic (exact) mass is 289 g/mol. The lowest BCUT2D eigenvalue weighted by Crippen LogP contribution is -2.31. The van der Waals surface area contributed by atoms with Crippen molar-refractivity contribution in [1.29, 1.82) is 0 Å². The highest BCUT2D eigenvalue weighted by molar-refractivity contribution is 9.11. The molecule has 0 aliphatic heterocycles. The highest BCUT2D eigenvalue weighted by atomic mass is 79.9. The highest BCUT2D eigenvalue weighted by Crippen LogP contribution is 2.27. The van der Waals surface area contributed by atoms with Crippen LogP contribution in [-0.4, -0.2) is 11.9 Å². The third kappa shape index (κ3) is 3.61. The van der Waals surface area contributed by atoms with Crippen molar-refractivity contribution in [2.45, 2.75) is 39.7 Å². The summed E-state index contributed by atoms with van der Waals surface area (Å²) in [5.74, 6) is 0.0368. The van der Waals surface area contributed by atoms with Crippen LogP contribution in [0.1, 0.15) is 41.9 Å². The first-order chi connectivity index (χ1) is 7.04. The number of amides is 1. The molecule has 1 N–H and O–H groups in total. The van der Waals surface area contributed by atoms with Gasteiger partial charge in [0, 0.05) is 6.04 Å². The summed E-state index contributed by atoms with van der Waals surface area (Å²) in [5.41, 5.74) is 1.12. The standard InChI is InChI=1S/C11H16BrNOS/c1-4-5-8(3)13-11(14)9-6-7(2)10(12)15-9/h6,8H,4-5H2,1-3H3,(H,13,14). The molecule has 0 fully saturated rings. The number of nitrogens with one attached hydrogen (secondary N) is 1. The van der Waals surface area contributed by atoms with Gasteiger partial charge in [-0.05, 0) is 47.8 Å². The molecular formula is C11H16BrNOS. The molecule has 1 amide bonds. The van der Waals surface area contributed by atoms with E-state index in [0.717, 1.165) is 27.1 Å². The normalized spacial score (nSPS) is 12.5. The molecule has 1 heterocycles. The molecule has 0 saturated heterocycles. The number of rotatable bonds is 4. The Morgan fingerprint density at radius 3 is 2.80 bits per heavy atom. The maximum absolute atomic E-state index is 11.8. The average Bonchev–Trinajstić information content (AvgIpc) is 2.47. The minimum Gasteiger partial charge on any atom is -0.349 e. The molecule has 0 aliphatic rings. The van der Waals surface area contributed by atoms with Gasteiger partial charge in [0.2, 0.25) is 0 Å². The van der Waals surface area contributed by atoms with E-state index < -0.39 is 0 Å². The second-order valence-electron chi connectivity index (χ2n) is 3.73. The number of carbonyl (C=O) groups excluding carboxylic acids is 1. The van der Waals surface area contributed by atoms with Gasteiger partial charge in [-0.3, -0.25) is 4.79 Å². The predicted molar refractivity (Wildman–Crippen MR) is 68.6 cm³/mol. The second kappa shape index (κ2) is 5.66. The maximum atomic E-state index is 11.8. The molecular weight excluding hydrogens is 274 g/mol. The van der Waals surface area contributed by atoms with Gasteiger partial charge in [-0.2, -0.15) is 0 Å². The van der Waals surface area contributed by atoms with Gasteiger partial charge < -0.3 is 5.32 Å². The first kappa shape index (κ1) is 12.7. The molecule has 1 aromatic heterocycles. The number of hydrogen-bond acceptors (Lipinski definition) is 2. The van der Waals surface area contributed by atoms with Crippen molar-refractivity contribution < 1.29 is 4.79 Å². The van der Waals surface area contributed by atoms with Gasteiger partial charge in [0.05, 0.1) is 8.66 Å². The Bertz CT molecular complexity index is 329. The Labute approximate surface area is 103 Å². The predicted octanol–water partition coefficient (Wildman–Crippen LogP) is 3.74. The third-order valence-corrected chi connectivity index (χ3v) is 4.32. The third-order valence-electron chi connectivity index (χ3n) is 2.18. The Morgan fingerprint density at radius 2 is 2.33 bits per heavy atom. The summed E-state index contributed by atoms with van der Waals surface area (Å²) in [4.78, 5) is 12.6. The van der Waals surface area contributed by atoms with Crippen LogP contribution in [0, 0.1) is 6.92 Å². The summed E-state index contributed by atoms with van der Waals surface area (Å²) >= 11 is 4.91. The van der Waals surface area contributed by atoms with Crippen molar-refractivity contribution in [2.75, 3.05) is 0 Å². The lowest BCUT2D eigenvalue weighted by molar-refractivity contribution is 0.0942. The molecule has 0 aliphatic carbocycles. The summed E-state index contributed by atoms with van der Waals surface area (Å²) in [6.45, 7) is 6.15. The highest BCUT2D eigenvalue weighted by Gasteiger charge is 2.12. The molecule has 0 saturated carbocycles. The molecule has 15 heavy (non-hydrogen) atoms. The quantitative estimate of drug-likeness (QED) is 0.899. The van der Waals surface area contributed by atoms with Gasteiger partial charge in [0.25, 0.3) is 5.91 Å². The van der Waals surface area contributed by atoms with Crippen molar-refractivity contribution in [2.24, 2.45) is 0 Å². The van der Waals surface area contributed by atoms with Gasteiger partial charge in [-0.1, -0.05) is 13.3 Å². The van der Waals surface area contributed by atoms with Crippen LogP contribution in [0.25, 0.3) is 0 Å². The van der Waals surface area contributed by atoms with E-state index in [1.54, 1.807) is 0 Å². The Kier molecular flexibility index (Phi) is 4.80. The number of thiophene rings is 1. The van der Waals surface area contributed by atoms with Gasteiger partial charge in [-0.15, -0.1) is 11.3 Å². The van der Waals surface area contributed by atoms with Crippen LogP contribution >= 0.6 is 27.3 Å². The molecule has 2 nitrogen and oxygen atoms in total. The van der Waals surface area contributed by atoms with E-state index in [4.69, 9.17) is 0 Å². The van der Waals surface area contributed by atoms with E-state index in [-0.39, 0.29) is 11.9 Å². The zero-order chi connectivity index (χ0) is 11.4. The van der Waals surface area contributed by atoms with Crippen LogP contribution in [0.5, 0.6) is 0 Å². The van der Waals surface area contributed by atoms with Crippen molar-refractivity contribution >= 4 is 33.2 Å². The van der Waals surface area contributed by atoms with E-state index in [1.807, 2.05) is 19.9 Å². The van der Waals surface area contributed by atoms with Crippen molar-refractivity contribution in [3.05, 3.63) is 20.3 Å². The van der Waals surface area contributed by atoms with E-state index in [2.05, 4.69) is 28.2 Å². The summed E-state index contributed by atoms with van der Waals surface area (Å²) in [6, 6.07) is 2.17. The topological polar surface area (TPSA) is 29.1 Å². The van der Waals surface area contributed by atoms with Crippen molar-refractivity contribution in [3.63, 3.8) is 0 Å². The van der Waals surface area contributed by atoms with E-state index in [1.165, 1.54) is 11.3 Å². The van der Waals surface area contributed by atoms with Gasteiger partial charge in [-0.25, -0.2) is 0 Å². The number of carbonyl (C=O) groups is 1. The number of aryl methyl sites for hydroxylation is 1. The number of halogens is 1. The maximum Gasteiger partial charge on any atom is 0.261 e. The fourth-order valence-corrected chi connectivity index (χ4v) is 2.81. The van der Waals surface area contributed by atoms with Crippen LogP contribution in [-0.2, 0) is 0 Å². The summed E-state index contributed by atoms with van der Waals surface area (Å²) in [5, 5.41) is 2.99. The molecule has 1 rings (SSSR count). The van der Waals surface area contributed by atoms with Gasteiger partial charge >= 0.3 is 0 Å². The molecule has 0 radical (unpaired) electrons. The second-order valence-corrected chi connectivity index (χ2v) is 6.10. The summed E-state index contributed by atoms with van der Waals surface area (Å²) < 4.78 is 1.04. The Balaban J connectivity index is 2.61. The van der Waals surface area contributed by atoms with Crippen LogP contribution in [0.2, 0.25) is 0 Å². The fourth-order valence-electron chi connectivity index (χ4n) is 1.37. The Morgan fingerprint density at radius 1 is 1.67 bits per heavy atom. The molecule has 4 heteroatoms. The van der Waals surface area contributed by atoms with Crippen LogP contribution in [0.15, 0.2) is 9.85 Å². The van der Waals surface area contributed by atoms with Crippen molar-refractivity contribution in [3.8, 4) is 0 Å². The zero-order valence-electron chi connectivity index (χ0n) is 9.26. The minimum absolute atomic E-state index is 0.0368. The Hall–Kier alpha value is -0.350. The van der Waals surface area contributed by atoms with E-state index >= 15 is 0 Å². The molecule has 1 unspecified atom stereocenters. The first-order valence-corrected chi connectivity index (χ1v) is 6.72. The van der Waals surface area contributed by atoms with Crippen LogP contribution in [0.3, 0.4) is 0 Å². The largest absolute Gasteiger partial charge is 0.349 e. The SMILES string of the molecule is CCCC(C)NC(=O)c1cc(C)c(Br)s1. The molecule has 0 spiro atoms. The molecule has 0 aromatic carbocycles. The first-order valence-electron chi connectivity index (χ1n) is 5.11. The van der Waals surface area contributed by atoms with E-state index in [9.17, 15) is 4.79 Å². The van der Waals surface area contributed by atoms with Crippen LogP contribution < -0.4 is 5.32 Å². The van der Waals surface area contributed by atoms with Crippen molar-refractivity contribution in [1.82, 2.24) is 5.32 Å². The zero-order valence-corrected chi connectivity index (χ0v) is 11.7. The average molecular weight is 290 g/mol. The van der Waals surface area contributed by atoms with Gasteiger partial charge in [0.15, 0.2) is 0 Å².